The van der Waals surface area contributed by atoms with Gasteiger partial charge in [0.15, 0.2) is 0 Å². The largest absolute Gasteiger partial charge is 0.325 e. The molecule has 0 saturated heterocycles. The Morgan fingerprint density at radius 3 is 2.70 bits per heavy atom. The average molecular weight is 163 g/mol. The number of hydrogen-bond donors (Lipinski definition) is 1. The van der Waals surface area contributed by atoms with E-state index in [-0.39, 0.29) is 4.88 Å². The fraction of sp³-hybridized carbons (Fsp3) is 0.333. The van der Waals surface area contributed by atoms with Gasteiger partial charge >= 0.3 is 0 Å². The molecule has 0 radical (unpaired) electrons. The third kappa shape index (κ3) is 1.33. The van der Waals surface area contributed by atoms with Crippen molar-refractivity contribution in [3.05, 3.63) is 22.4 Å². The Labute approximate surface area is 61.5 Å². The fourth-order valence-electron chi connectivity index (χ4n) is 0.587. The van der Waals surface area contributed by atoms with Crippen molar-refractivity contribution in [1.82, 2.24) is 0 Å². The molecular weight excluding hydrogens is 156 g/mol. The number of hydrogen-bond acceptors (Lipinski definition) is 2. The molecule has 0 unspecified atom stereocenters. The Bertz CT molecular complexity index is 196. The molecule has 2 N–H and O–H groups in total. The van der Waals surface area contributed by atoms with Gasteiger partial charge in [0, 0.05) is 0 Å². The van der Waals surface area contributed by atoms with Crippen LogP contribution in [0.5, 0.6) is 0 Å². The van der Waals surface area contributed by atoms with Gasteiger partial charge in [-0.1, -0.05) is 6.07 Å². The van der Waals surface area contributed by atoms with Crippen molar-refractivity contribution in [2.45, 2.75) is 5.92 Å². The molecule has 0 atom stereocenters. The lowest BCUT2D eigenvalue weighted by Crippen LogP contribution is -2.23. The van der Waals surface area contributed by atoms with Crippen molar-refractivity contribution in [1.29, 1.82) is 0 Å². The molecule has 0 aromatic carbocycles. The molecule has 0 fully saturated rings. The molecule has 4 heteroatoms. The molecule has 0 spiro atoms. The van der Waals surface area contributed by atoms with E-state index in [4.69, 9.17) is 5.73 Å². The van der Waals surface area contributed by atoms with E-state index < -0.39 is 12.5 Å². The van der Waals surface area contributed by atoms with Gasteiger partial charge < -0.3 is 5.73 Å². The normalized spacial score (nSPS) is 11.9. The van der Waals surface area contributed by atoms with Crippen LogP contribution < -0.4 is 5.73 Å². The van der Waals surface area contributed by atoms with Crippen molar-refractivity contribution in [3.63, 3.8) is 0 Å². The molecule has 1 aromatic heterocycles. The van der Waals surface area contributed by atoms with E-state index >= 15 is 0 Å². The van der Waals surface area contributed by atoms with Gasteiger partial charge in [-0.3, -0.25) is 0 Å². The second kappa shape index (κ2) is 2.64. The van der Waals surface area contributed by atoms with Gasteiger partial charge in [-0.05, 0) is 11.4 Å². The lowest BCUT2D eigenvalue weighted by molar-refractivity contribution is 0.00990. The van der Waals surface area contributed by atoms with Crippen molar-refractivity contribution >= 4 is 11.3 Å². The Balaban J connectivity index is 2.85. The van der Waals surface area contributed by atoms with Crippen molar-refractivity contribution in [3.8, 4) is 0 Å². The topological polar surface area (TPSA) is 26.0 Å². The second-order valence-electron chi connectivity index (χ2n) is 1.89. The smallest absolute Gasteiger partial charge is 0.294 e. The molecule has 1 rings (SSSR count). The minimum atomic E-state index is -2.84. The van der Waals surface area contributed by atoms with E-state index in [9.17, 15) is 8.78 Å². The molecule has 1 nitrogen and oxygen atoms in total. The average Bonchev–Trinajstić information content (AvgIpc) is 2.38. The molecule has 56 valence electrons. The predicted molar refractivity (Wildman–Crippen MR) is 37.3 cm³/mol. The second-order valence-corrected chi connectivity index (χ2v) is 2.83. The lowest BCUT2D eigenvalue weighted by Gasteiger charge is -2.09. The van der Waals surface area contributed by atoms with Crippen LogP contribution >= 0.6 is 11.3 Å². The SMILES string of the molecule is NCC(F)(F)c1cccs1. The maximum Gasteiger partial charge on any atom is 0.294 e. The highest BCUT2D eigenvalue weighted by atomic mass is 32.1. The zero-order valence-corrected chi connectivity index (χ0v) is 6.00. The van der Waals surface area contributed by atoms with E-state index in [1.807, 2.05) is 0 Å². The van der Waals surface area contributed by atoms with E-state index in [0.717, 1.165) is 11.3 Å². The van der Waals surface area contributed by atoms with Crippen LogP contribution in [-0.2, 0) is 5.92 Å². The number of thiophene rings is 1. The highest BCUT2D eigenvalue weighted by Crippen LogP contribution is 2.29. The van der Waals surface area contributed by atoms with Gasteiger partial charge in [0.2, 0.25) is 0 Å². The zero-order chi connectivity index (χ0) is 7.61. The standard InChI is InChI=1S/C6H7F2NS/c7-6(8,4-9)5-2-1-3-10-5/h1-3H,4,9H2. The summed E-state index contributed by atoms with van der Waals surface area (Å²) in [5.41, 5.74) is 4.85. The summed E-state index contributed by atoms with van der Waals surface area (Å²) in [5, 5.41) is 1.61. The molecule has 1 heterocycles. The maximum atomic E-state index is 12.6. The van der Waals surface area contributed by atoms with Crippen LogP contribution in [0.1, 0.15) is 4.88 Å². The van der Waals surface area contributed by atoms with E-state index in [1.54, 1.807) is 11.4 Å². The minimum absolute atomic E-state index is 0.0370. The first kappa shape index (κ1) is 7.63. The molecule has 10 heavy (non-hydrogen) atoms. The first-order chi connectivity index (χ1) is 4.67. The molecule has 0 aliphatic carbocycles. The quantitative estimate of drug-likeness (QED) is 0.706. The van der Waals surface area contributed by atoms with E-state index in [2.05, 4.69) is 0 Å². The maximum absolute atomic E-state index is 12.6. The Morgan fingerprint density at radius 2 is 2.30 bits per heavy atom. The van der Waals surface area contributed by atoms with Gasteiger partial charge in [0.1, 0.15) is 0 Å². The Hall–Kier alpha value is -0.480. The molecular formula is C6H7F2NS. The lowest BCUT2D eigenvalue weighted by atomic mass is 10.3. The molecule has 0 aliphatic rings. The predicted octanol–water partition coefficient (Wildman–Crippen LogP) is 1.80. The summed E-state index contributed by atoms with van der Waals surface area (Å²) in [6.45, 7) is -0.618. The van der Waals surface area contributed by atoms with Crippen LogP contribution in [0.3, 0.4) is 0 Å². The first-order valence-corrected chi connectivity index (χ1v) is 3.66. The Morgan fingerprint density at radius 1 is 1.60 bits per heavy atom. The number of nitrogens with two attached hydrogens (primary N) is 1. The number of alkyl halides is 2. The van der Waals surface area contributed by atoms with Crippen molar-refractivity contribution in [2.24, 2.45) is 5.73 Å². The minimum Gasteiger partial charge on any atom is -0.325 e. The van der Waals surface area contributed by atoms with E-state index in [0.29, 0.717) is 0 Å². The van der Waals surface area contributed by atoms with Crippen LogP contribution in [0.2, 0.25) is 0 Å². The highest BCUT2D eigenvalue weighted by molar-refractivity contribution is 7.10. The summed E-state index contributed by atoms with van der Waals surface area (Å²) < 4.78 is 25.2. The van der Waals surface area contributed by atoms with Crippen molar-refractivity contribution < 1.29 is 8.78 Å². The van der Waals surface area contributed by atoms with Crippen LogP contribution in [-0.4, -0.2) is 6.54 Å². The van der Waals surface area contributed by atoms with Gasteiger partial charge in [0.05, 0.1) is 11.4 Å². The molecule has 0 bridgehead atoms. The monoisotopic (exact) mass is 163 g/mol. The number of rotatable bonds is 2. The molecule has 1 aromatic rings. The van der Waals surface area contributed by atoms with Gasteiger partial charge in [0.25, 0.3) is 5.92 Å². The summed E-state index contributed by atoms with van der Waals surface area (Å²) in [4.78, 5) is 0.0370. The van der Waals surface area contributed by atoms with Crippen LogP contribution in [0.4, 0.5) is 8.78 Å². The highest BCUT2D eigenvalue weighted by Gasteiger charge is 2.30. The Kier molecular flexibility index (Phi) is 2.01. The molecule has 0 saturated carbocycles. The van der Waals surface area contributed by atoms with Crippen LogP contribution in [0.25, 0.3) is 0 Å². The van der Waals surface area contributed by atoms with E-state index in [1.165, 1.54) is 6.07 Å². The zero-order valence-electron chi connectivity index (χ0n) is 5.18. The van der Waals surface area contributed by atoms with Crippen LogP contribution in [0, 0.1) is 0 Å². The summed E-state index contributed by atoms with van der Waals surface area (Å²) >= 11 is 1.02. The van der Waals surface area contributed by atoms with Gasteiger partial charge in [-0.15, -0.1) is 11.3 Å². The third-order valence-corrected chi connectivity index (χ3v) is 2.12. The first-order valence-electron chi connectivity index (χ1n) is 2.78. The van der Waals surface area contributed by atoms with Crippen molar-refractivity contribution in [2.75, 3.05) is 6.54 Å². The summed E-state index contributed by atoms with van der Waals surface area (Å²) in [7, 11) is 0. The number of halogens is 2. The molecule has 0 amide bonds. The fourth-order valence-corrected chi connectivity index (χ4v) is 1.30. The summed E-state index contributed by atoms with van der Waals surface area (Å²) in [5.74, 6) is -2.84. The summed E-state index contributed by atoms with van der Waals surface area (Å²) in [6, 6.07) is 2.97. The van der Waals surface area contributed by atoms with Gasteiger partial charge in [-0.25, -0.2) is 0 Å². The van der Waals surface area contributed by atoms with Gasteiger partial charge in [-0.2, -0.15) is 8.78 Å². The third-order valence-electron chi connectivity index (χ3n) is 1.14. The summed E-state index contributed by atoms with van der Waals surface area (Å²) in [6.07, 6.45) is 0. The van der Waals surface area contributed by atoms with Crippen LogP contribution in [0.15, 0.2) is 17.5 Å². The molecule has 0 aliphatic heterocycles.